The number of carbonyl (C=O) groups excluding carboxylic acids is 2. The summed E-state index contributed by atoms with van der Waals surface area (Å²) < 4.78 is 5.16. The first-order valence-electron chi connectivity index (χ1n) is 8.76. The Bertz CT molecular complexity index is 960. The van der Waals surface area contributed by atoms with Gasteiger partial charge in [0, 0.05) is 31.8 Å². The lowest BCUT2D eigenvalue weighted by molar-refractivity contribution is 0.0827. The predicted octanol–water partition coefficient (Wildman–Crippen LogP) is 2.72. The molecule has 0 bridgehead atoms. The molecule has 1 heterocycles. The molecule has 0 aliphatic carbocycles. The molecule has 0 spiro atoms. The lowest BCUT2D eigenvalue weighted by Crippen LogP contribution is -2.23. The molecule has 1 aromatic heterocycles. The minimum absolute atomic E-state index is 0.0573. The summed E-state index contributed by atoms with van der Waals surface area (Å²) in [4.78, 5) is 26.1. The first-order valence-corrected chi connectivity index (χ1v) is 8.76. The van der Waals surface area contributed by atoms with E-state index in [2.05, 4.69) is 15.5 Å². The molecule has 0 unspecified atom stereocenters. The van der Waals surface area contributed by atoms with Crippen LogP contribution >= 0.6 is 0 Å². The molecule has 2 aromatic carbocycles. The summed E-state index contributed by atoms with van der Waals surface area (Å²) in [5.41, 5.74) is 3.46. The Morgan fingerprint density at radius 3 is 2.36 bits per heavy atom. The lowest BCUT2D eigenvalue weighted by atomic mass is 10.1. The van der Waals surface area contributed by atoms with Gasteiger partial charge >= 0.3 is 0 Å². The molecule has 0 aliphatic heterocycles. The Balaban J connectivity index is 1.67. The molecule has 7 heteroatoms. The number of hydrogen-bond acceptors (Lipinski definition) is 4. The highest BCUT2D eigenvalue weighted by atomic mass is 16.5. The molecule has 28 heavy (non-hydrogen) atoms. The molecule has 7 nitrogen and oxygen atoms in total. The summed E-state index contributed by atoms with van der Waals surface area (Å²) in [6.07, 6.45) is 1.51. The van der Waals surface area contributed by atoms with Crippen LogP contribution in [0.2, 0.25) is 0 Å². The van der Waals surface area contributed by atoms with Crippen molar-refractivity contribution in [1.82, 2.24) is 20.4 Å². The third-order valence-electron chi connectivity index (χ3n) is 4.32. The number of nitrogens with zero attached hydrogens (tertiary/aromatic N) is 2. The average Bonchev–Trinajstić information content (AvgIpc) is 3.22. The third-order valence-corrected chi connectivity index (χ3v) is 4.32. The standard InChI is InChI=1S/C21H22N4O3/c1-25(2)21(27)16-6-4-14(5-7-16)12-22-20(26)18-13-23-24-19(18)15-8-10-17(28-3)11-9-15/h4-11,13H,12H2,1-3H3,(H,22,26)(H,23,24). The van der Waals surface area contributed by atoms with Crippen molar-refractivity contribution in [2.24, 2.45) is 0 Å². The molecule has 2 N–H and O–H groups in total. The first-order chi connectivity index (χ1) is 13.5. The second-order valence-corrected chi connectivity index (χ2v) is 6.47. The van der Waals surface area contributed by atoms with Gasteiger partial charge in [-0.25, -0.2) is 0 Å². The van der Waals surface area contributed by atoms with E-state index in [0.29, 0.717) is 23.4 Å². The van der Waals surface area contributed by atoms with Gasteiger partial charge in [0.2, 0.25) is 0 Å². The van der Waals surface area contributed by atoms with Gasteiger partial charge in [0.25, 0.3) is 11.8 Å². The van der Waals surface area contributed by atoms with Crippen LogP contribution in [0.4, 0.5) is 0 Å². The van der Waals surface area contributed by atoms with Crippen LogP contribution in [0.15, 0.2) is 54.7 Å². The molecule has 0 atom stereocenters. The van der Waals surface area contributed by atoms with Crippen molar-refractivity contribution in [2.45, 2.75) is 6.54 Å². The molecule has 144 valence electrons. The van der Waals surface area contributed by atoms with Crippen molar-refractivity contribution in [3.05, 3.63) is 71.4 Å². The Labute approximate surface area is 163 Å². The molecule has 2 amide bonds. The van der Waals surface area contributed by atoms with Crippen molar-refractivity contribution < 1.29 is 14.3 Å². The maximum atomic E-state index is 12.6. The van der Waals surface area contributed by atoms with Crippen molar-refractivity contribution in [2.75, 3.05) is 21.2 Å². The minimum Gasteiger partial charge on any atom is -0.497 e. The van der Waals surface area contributed by atoms with Gasteiger partial charge < -0.3 is 15.0 Å². The van der Waals surface area contributed by atoms with Gasteiger partial charge in [0.15, 0.2) is 0 Å². The molecule has 0 radical (unpaired) electrons. The number of amides is 2. The summed E-state index contributed by atoms with van der Waals surface area (Å²) in [5, 5.41) is 9.77. The van der Waals surface area contributed by atoms with E-state index in [4.69, 9.17) is 4.74 Å². The summed E-state index contributed by atoms with van der Waals surface area (Å²) in [6.45, 7) is 0.350. The van der Waals surface area contributed by atoms with Crippen LogP contribution in [0.1, 0.15) is 26.3 Å². The molecule has 0 fully saturated rings. The normalized spacial score (nSPS) is 10.4. The number of H-pyrrole nitrogens is 1. The van der Waals surface area contributed by atoms with Crippen LogP contribution in [0, 0.1) is 0 Å². The molecule has 0 aliphatic rings. The van der Waals surface area contributed by atoms with E-state index >= 15 is 0 Å². The molecule has 3 rings (SSSR count). The Morgan fingerprint density at radius 1 is 1.07 bits per heavy atom. The van der Waals surface area contributed by atoms with Gasteiger partial charge in [-0.05, 0) is 42.0 Å². The quantitative estimate of drug-likeness (QED) is 0.690. The van der Waals surface area contributed by atoms with Crippen LogP contribution in [0.25, 0.3) is 11.3 Å². The highest BCUT2D eigenvalue weighted by molar-refractivity contribution is 5.99. The second kappa shape index (κ2) is 8.39. The highest BCUT2D eigenvalue weighted by Gasteiger charge is 2.15. The fourth-order valence-corrected chi connectivity index (χ4v) is 2.74. The fraction of sp³-hybridized carbons (Fsp3) is 0.190. The van der Waals surface area contributed by atoms with Crippen LogP contribution in [-0.4, -0.2) is 48.1 Å². The van der Waals surface area contributed by atoms with E-state index < -0.39 is 0 Å². The monoisotopic (exact) mass is 378 g/mol. The highest BCUT2D eigenvalue weighted by Crippen LogP contribution is 2.23. The Kier molecular flexibility index (Phi) is 5.74. The summed E-state index contributed by atoms with van der Waals surface area (Å²) in [6, 6.07) is 14.6. The number of rotatable bonds is 6. The van der Waals surface area contributed by atoms with Gasteiger partial charge in [-0.2, -0.15) is 5.10 Å². The average molecular weight is 378 g/mol. The number of hydrogen-bond donors (Lipinski definition) is 2. The number of ether oxygens (including phenoxy) is 1. The maximum absolute atomic E-state index is 12.6. The second-order valence-electron chi connectivity index (χ2n) is 6.47. The maximum Gasteiger partial charge on any atom is 0.255 e. The third kappa shape index (κ3) is 4.20. The van der Waals surface area contributed by atoms with Crippen molar-refractivity contribution in [1.29, 1.82) is 0 Å². The molecular weight excluding hydrogens is 356 g/mol. The molecular formula is C21H22N4O3. The number of aromatic nitrogens is 2. The van der Waals surface area contributed by atoms with Crippen LogP contribution in [0.5, 0.6) is 5.75 Å². The first kappa shape index (κ1) is 19.2. The summed E-state index contributed by atoms with van der Waals surface area (Å²) >= 11 is 0. The van der Waals surface area contributed by atoms with E-state index in [1.165, 1.54) is 11.1 Å². The zero-order chi connectivity index (χ0) is 20.1. The summed E-state index contributed by atoms with van der Waals surface area (Å²) in [7, 11) is 5.02. The van der Waals surface area contributed by atoms with E-state index in [1.54, 1.807) is 33.3 Å². The van der Waals surface area contributed by atoms with Crippen molar-refractivity contribution >= 4 is 11.8 Å². The fourth-order valence-electron chi connectivity index (χ4n) is 2.74. The van der Waals surface area contributed by atoms with E-state index in [9.17, 15) is 9.59 Å². The Morgan fingerprint density at radius 2 is 1.75 bits per heavy atom. The van der Waals surface area contributed by atoms with Gasteiger partial charge in [0.1, 0.15) is 5.75 Å². The predicted molar refractivity (Wildman–Crippen MR) is 106 cm³/mol. The molecule has 0 saturated heterocycles. The smallest absolute Gasteiger partial charge is 0.255 e. The van der Waals surface area contributed by atoms with E-state index in [-0.39, 0.29) is 11.8 Å². The van der Waals surface area contributed by atoms with Gasteiger partial charge in [-0.15, -0.1) is 0 Å². The summed E-state index contributed by atoms with van der Waals surface area (Å²) in [5.74, 6) is 0.455. The minimum atomic E-state index is -0.229. The van der Waals surface area contributed by atoms with Crippen molar-refractivity contribution in [3.63, 3.8) is 0 Å². The van der Waals surface area contributed by atoms with Crippen LogP contribution < -0.4 is 10.1 Å². The number of nitrogens with one attached hydrogen (secondary N) is 2. The topological polar surface area (TPSA) is 87.3 Å². The Hall–Kier alpha value is -3.61. The molecule has 3 aromatic rings. The number of aromatic amines is 1. The van der Waals surface area contributed by atoms with Gasteiger partial charge in [-0.3, -0.25) is 14.7 Å². The lowest BCUT2D eigenvalue weighted by Gasteiger charge is -2.11. The van der Waals surface area contributed by atoms with Crippen molar-refractivity contribution in [3.8, 4) is 17.0 Å². The largest absolute Gasteiger partial charge is 0.497 e. The zero-order valence-electron chi connectivity index (χ0n) is 16.0. The number of carbonyl (C=O) groups is 2. The van der Waals surface area contributed by atoms with E-state index in [1.807, 2.05) is 36.4 Å². The zero-order valence-corrected chi connectivity index (χ0v) is 16.0. The number of benzene rings is 2. The van der Waals surface area contributed by atoms with E-state index in [0.717, 1.165) is 16.9 Å². The van der Waals surface area contributed by atoms with Crippen LogP contribution in [-0.2, 0) is 6.54 Å². The van der Waals surface area contributed by atoms with Gasteiger partial charge in [0.05, 0.1) is 24.6 Å². The van der Waals surface area contributed by atoms with Crippen LogP contribution in [0.3, 0.4) is 0 Å². The molecule has 0 saturated carbocycles. The number of methoxy groups -OCH3 is 1. The SMILES string of the molecule is COc1ccc(-c2[nH]ncc2C(=O)NCc2ccc(C(=O)N(C)C)cc2)cc1. The van der Waals surface area contributed by atoms with Gasteiger partial charge in [-0.1, -0.05) is 12.1 Å².